The molecular weight excluding hydrogens is 462 g/mol. The fourth-order valence-corrected chi connectivity index (χ4v) is 5.52. The number of hydrogen-bond acceptors (Lipinski definition) is 7. The van der Waals surface area contributed by atoms with Crippen LogP contribution in [0.25, 0.3) is 10.9 Å². The summed E-state index contributed by atoms with van der Waals surface area (Å²) in [7, 11) is -3.81. The largest absolute Gasteiger partial charge is 0.423 e. The van der Waals surface area contributed by atoms with Gasteiger partial charge in [-0.15, -0.1) is 0 Å². The second-order valence-electron chi connectivity index (χ2n) is 8.03. The van der Waals surface area contributed by atoms with Gasteiger partial charge in [0.2, 0.25) is 21.5 Å². The lowest BCUT2D eigenvalue weighted by atomic mass is 10.0. The van der Waals surface area contributed by atoms with Crippen LogP contribution in [0.2, 0.25) is 0 Å². The van der Waals surface area contributed by atoms with Gasteiger partial charge in [0.25, 0.3) is 0 Å². The van der Waals surface area contributed by atoms with Gasteiger partial charge in [-0.2, -0.15) is 4.31 Å². The number of aryl methyl sites for hydroxylation is 1. The summed E-state index contributed by atoms with van der Waals surface area (Å²) in [5.74, 6) is -0.614. The maximum Gasteiger partial charge on any atom is 0.344 e. The number of aromatic nitrogens is 1. The van der Waals surface area contributed by atoms with Crippen molar-refractivity contribution in [1.82, 2.24) is 9.29 Å². The van der Waals surface area contributed by atoms with E-state index in [1.54, 1.807) is 18.2 Å². The SMILES string of the molecule is O=C1CCc2cc(OC(=O)c3cc(=O)[nH]c4ccc(S(=O)(=O)N5CCOCC5)cc34)ccc2N1. The molecule has 3 heterocycles. The van der Waals surface area contributed by atoms with Gasteiger partial charge < -0.3 is 19.8 Å². The van der Waals surface area contributed by atoms with Gasteiger partial charge in [-0.05, 0) is 48.4 Å². The molecule has 0 atom stereocenters. The molecule has 34 heavy (non-hydrogen) atoms. The molecule has 0 unspecified atom stereocenters. The van der Waals surface area contributed by atoms with Crippen LogP contribution in [0.15, 0.2) is 52.2 Å². The normalized spacial score (nSPS) is 16.6. The number of ether oxygens (including phenoxy) is 2. The Labute approximate surface area is 194 Å². The van der Waals surface area contributed by atoms with Crippen LogP contribution in [0.5, 0.6) is 5.75 Å². The highest BCUT2D eigenvalue weighted by Crippen LogP contribution is 2.28. The lowest BCUT2D eigenvalue weighted by molar-refractivity contribution is -0.116. The third kappa shape index (κ3) is 4.20. The van der Waals surface area contributed by atoms with Crippen molar-refractivity contribution in [2.24, 2.45) is 0 Å². The topological polar surface area (TPSA) is 135 Å². The summed E-state index contributed by atoms with van der Waals surface area (Å²) in [5, 5.41) is 3.01. The Morgan fingerprint density at radius 3 is 2.59 bits per heavy atom. The van der Waals surface area contributed by atoms with Crippen molar-refractivity contribution in [2.45, 2.75) is 17.7 Å². The number of H-pyrrole nitrogens is 1. The van der Waals surface area contributed by atoms with Gasteiger partial charge in [0.1, 0.15) is 5.75 Å². The van der Waals surface area contributed by atoms with Crippen molar-refractivity contribution >= 4 is 38.5 Å². The molecular formula is C23H21N3O7S. The number of esters is 1. The number of sulfonamides is 1. The maximum atomic E-state index is 13.1. The quantitative estimate of drug-likeness (QED) is 0.426. The van der Waals surface area contributed by atoms with Crippen LogP contribution >= 0.6 is 0 Å². The maximum absolute atomic E-state index is 13.1. The van der Waals surface area contributed by atoms with Crippen LogP contribution in [0.1, 0.15) is 22.3 Å². The first kappa shape index (κ1) is 22.3. The second kappa shape index (κ2) is 8.67. The monoisotopic (exact) mass is 483 g/mol. The van der Waals surface area contributed by atoms with Crippen molar-refractivity contribution in [3.63, 3.8) is 0 Å². The predicted octanol–water partition coefficient (Wildman–Crippen LogP) is 1.65. The molecule has 1 aromatic heterocycles. The van der Waals surface area contributed by atoms with Crippen molar-refractivity contribution in [3.05, 3.63) is 63.9 Å². The Morgan fingerprint density at radius 2 is 1.79 bits per heavy atom. The van der Waals surface area contributed by atoms with Gasteiger partial charge in [-0.25, -0.2) is 13.2 Å². The highest BCUT2D eigenvalue weighted by Gasteiger charge is 2.27. The molecule has 2 aliphatic heterocycles. The third-order valence-corrected chi connectivity index (χ3v) is 7.72. The Bertz CT molecular complexity index is 1470. The van der Waals surface area contributed by atoms with E-state index in [1.807, 2.05) is 0 Å². The Morgan fingerprint density at radius 1 is 1.00 bits per heavy atom. The molecule has 10 nitrogen and oxygen atoms in total. The Kier molecular flexibility index (Phi) is 5.68. The number of nitrogens with one attached hydrogen (secondary N) is 2. The number of carbonyl (C=O) groups excluding carboxylic acids is 2. The van der Waals surface area contributed by atoms with E-state index in [0.29, 0.717) is 37.3 Å². The summed E-state index contributed by atoms with van der Waals surface area (Å²) in [4.78, 5) is 39.4. The highest BCUT2D eigenvalue weighted by molar-refractivity contribution is 7.89. The number of carbonyl (C=O) groups is 2. The van der Waals surface area contributed by atoms with E-state index in [4.69, 9.17) is 9.47 Å². The summed E-state index contributed by atoms with van der Waals surface area (Å²) in [5.41, 5.74) is 1.24. The molecule has 2 N–H and O–H groups in total. The molecule has 0 radical (unpaired) electrons. The number of benzene rings is 2. The zero-order chi connectivity index (χ0) is 23.9. The first-order chi connectivity index (χ1) is 16.3. The minimum absolute atomic E-state index is 0.00696. The molecule has 1 saturated heterocycles. The van der Waals surface area contributed by atoms with Crippen LogP contribution in [0.4, 0.5) is 5.69 Å². The average molecular weight is 484 g/mol. The molecule has 0 saturated carbocycles. The van der Waals surface area contributed by atoms with Gasteiger partial charge in [0.15, 0.2) is 0 Å². The van der Waals surface area contributed by atoms with Gasteiger partial charge in [0.05, 0.1) is 23.7 Å². The van der Waals surface area contributed by atoms with Crippen molar-refractivity contribution in [3.8, 4) is 5.75 Å². The lowest BCUT2D eigenvalue weighted by Gasteiger charge is -2.26. The van der Waals surface area contributed by atoms with E-state index >= 15 is 0 Å². The van der Waals surface area contributed by atoms with Gasteiger partial charge in [-0.1, -0.05) is 0 Å². The van der Waals surface area contributed by atoms with Crippen LogP contribution in [-0.2, 0) is 26.0 Å². The molecule has 5 rings (SSSR count). The zero-order valence-corrected chi connectivity index (χ0v) is 18.8. The molecule has 2 aliphatic rings. The Hall–Kier alpha value is -3.54. The number of anilines is 1. The van der Waals surface area contributed by atoms with Crippen LogP contribution in [0, 0.1) is 0 Å². The molecule has 1 amide bonds. The first-order valence-electron chi connectivity index (χ1n) is 10.7. The fraction of sp³-hybridized carbons (Fsp3) is 0.261. The molecule has 11 heteroatoms. The minimum atomic E-state index is -3.81. The Balaban J connectivity index is 1.50. The molecule has 0 spiro atoms. The van der Waals surface area contributed by atoms with E-state index in [2.05, 4.69) is 10.3 Å². The van der Waals surface area contributed by atoms with E-state index in [0.717, 1.165) is 11.6 Å². The molecule has 3 aromatic rings. The first-order valence-corrected chi connectivity index (χ1v) is 12.2. The summed E-state index contributed by atoms with van der Waals surface area (Å²) < 4.78 is 38.2. The summed E-state index contributed by atoms with van der Waals surface area (Å²) in [6.45, 7) is 1.09. The van der Waals surface area contributed by atoms with E-state index in [1.165, 1.54) is 22.5 Å². The molecule has 0 aliphatic carbocycles. The van der Waals surface area contributed by atoms with Gasteiger partial charge in [0, 0.05) is 42.2 Å². The molecule has 176 valence electrons. The molecule has 0 bridgehead atoms. The smallest absolute Gasteiger partial charge is 0.344 e. The number of rotatable bonds is 4. The van der Waals surface area contributed by atoms with E-state index < -0.39 is 21.6 Å². The third-order valence-electron chi connectivity index (χ3n) is 5.82. The van der Waals surface area contributed by atoms with Gasteiger partial charge in [-0.3, -0.25) is 9.59 Å². The predicted molar refractivity (Wildman–Crippen MR) is 122 cm³/mol. The summed E-state index contributed by atoms with van der Waals surface area (Å²) in [6, 6.07) is 10.2. The van der Waals surface area contributed by atoms with Crippen LogP contribution in [-0.4, -0.2) is 55.9 Å². The van der Waals surface area contributed by atoms with Crippen molar-refractivity contribution < 1.29 is 27.5 Å². The highest BCUT2D eigenvalue weighted by atomic mass is 32.2. The fourth-order valence-electron chi connectivity index (χ4n) is 4.08. The number of aromatic amines is 1. The summed E-state index contributed by atoms with van der Waals surface area (Å²) in [6.07, 6.45) is 0.854. The minimum Gasteiger partial charge on any atom is -0.423 e. The number of morpholine rings is 1. The number of fused-ring (bicyclic) bond motifs is 2. The van der Waals surface area contributed by atoms with Crippen LogP contribution < -0.4 is 15.6 Å². The molecule has 1 fully saturated rings. The number of amides is 1. The molecule has 2 aromatic carbocycles. The number of pyridine rings is 1. The van der Waals surface area contributed by atoms with E-state index in [9.17, 15) is 22.8 Å². The number of nitrogens with zero attached hydrogens (tertiary/aromatic N) is 1. The standard InChI is InChI=1S/C23H21N3O7S/c27-21-6-1-14-11-15(2-4-19(14)24-21)33-23(29)18-13-22(28)25-20-5-3-16(12-17(18)20)34(30,31)26-7-9-32-10-8-26/h2-5,11-13H,1,6-10H2,(H,24,27)(H,25,28). The average Bonchev–Trinajstić information content (AvgIpc) is 2.83. The second-order valence-corrected chi connectivity index (χ2v) is 9.97. The number of hydrogen-bond donors (Lipinski definition) is 2. The summed E-state index contributed by atoms with van der Waals surface area (Å²) >= 11 is 0. The van der Waals surface area contributed by atoms with Crippen molar-refractivity contribution in [1.29, 1.82) is 0 Å². The van der Waals surface area contributed by atoms with Crippen LogP contribution in [0.3, 0.4) is 0 Å². The van der Waals surface area contributed by atoms with Gasteiger partial charge >= 0.3 is 5.97 Å². The zero-order valence-electron chi connectivity index (χ0n) is 18.0. The van der Waals surface area contributed by atoms with E-state index in [-0.39, 0.29) is 40.6 Å². The van der Waals surface area contributed by atoms with Crippen molar-refractivity contribution in [2.75, 3.05) is 31.6 Å². The lowest BCUT2D eigenvalue weighted by Crippen LogP contribution is -2.40.